The highest BCUT2D eigenvalue weighted by Gasteiger charge is 2.24. The number of hydrogen-bond donors (Lipinski definition) is 2. The van der Waals surface area contributed by atoms with Crippen LogP contribution >= 0.6 is 0 Å². The molecule has 1 saturated heterocycles. The molecule has 9 heteroatoms. The number of amides is 2. The molecule has 2 aromatic heterocycles. The first-order chi connectivity index (χ1) is 17.6. The van der Waals surface area contributed by atoms with E-state index in [-0.39, 0.29) is 23.7 Å². The monoisotopic (exact) mass is 487 g/mol. The molecule has 3 heterocycles. The highest BCUT2D eigenvalue weighted by molar-refractivity contribution is 6.03. The summed E-state index contributed by atoms with van der Waals surface area (Å²) < 4.78 is 20.0. The maximum absolute atomic E-state index is 13.4. The number of nitrogens with zero attached hydrogens (tertiary/aromatic N) is 3. The third-order valence-corrected chi connectivity index (χ3v) is 6.31. The molecule has 184 valence electrons. The van der Waals surface area contributed by atoms with Crippen molar-refractivity contribution in [3.8, 4) is 5.69 Å². The molecule has 0 aliphatic carbocycles. The van der Waals surface area contributed by atoms with Crippen LogP contribution in [0.15, 0.2) is 83.9 Å². The maximum Gasteiger partial charge on any atom is 0.259 e. The highest BCUT2D eigenvalue weighted by atomic mass is 19.1. The average Bonchev–Trinajstić information content (AvgIpc) is 3.68. The van der Waals surface area contributed by atoms with Gasteiger partial charge >= 0.3 is 0 Å². The predicted molar refractivity (Wildman–Crippen MR) is 133 cm³/mol. The molecule has 8 nitrogen and oxygen atoms in total. The topological polar surface area (TPSA) is 92.4 Å². The lowest BCUT2D eigenvalue weighted by Gasteiger charge is -2.28. The Balaban J connectivity index is 1.21. The number of carbonyl (C=O) groups excluding carboxylic acids is 2. The Hall–Kier alpha value is -4.24. The van der Waals surface area contributed by atoms with E-state index in [1.54, 1.807) is 59.5 Å². The van der Waals surface area contributed by atoms with Gasteiger partial charge in [-0.25, -0.2) is 9.07 Å². The van der Waals surface area contributed by atoms with Crippen LogP contribution in [0.2, 0.25) is 0 Å². The third-order valence-electron chi connectivity index (χ3n) is 6.31. The van der Waals surface area contributed by atoms with Crippen molar-refractivity contribution in [2.45, 2.75) is 18.9 Å². The maximum atomic E-state index is 13.4. The molecular formula is C27H26FN5O3. The van der Waals surface area contributed by atoms with Gasteiger partial charge in [0.15, 0.2) is 0 Å². The normalized spacial score (nSPS) is 14.5. The number of halogens is 1. The zero-order valence-electron chi connectivity index (χ0n) is 19.6. The molecule has 1 aliphatic rings. The van der Waals surface area contributed by atoms with Gasteiger partial charge in [0, 0.05) is 12.1 Å². The number of nitrogens with one attached hydrogen (secondary N) is 2. The summed E-state index contributed by atoms with van der Waals surface area (Å²) in [5.41, 5.74) is 3.22. The van der Waals surface area contributed by atoms with Crippen molar-refractivity contribution in [1.82, 2.24) is 20.0 Å². The van der Waals surface area contributed by atoms with E-state index in [1.807, 2.05) is 0 Å². The second-order valence-corrected chi connectivity index (χ2v) is 8.71. The second kappa shape index (κ2) is 10.6. The first kappa shape index (κ1) is 23.5. The third kappa shape index (κ3) is 5.36. The number of furan rings is 1. The van der Waals surface area contributed by atoms with E-state index in [1.165, 1.54) is 24.7 Å². The Bertz CT molecular complexity index is 1310. The lowest BCUT2D eigenvalue weighted by Crippen LogP contribution is -2.36. The van der Waals surface area contributed by atoms with Crippen molar-refractivity contribution in [2.24, 2.45) is 0 Å². The zero-order chi connectivity index (χ0) is 24.9. The van der Waals surface area contributed by atoms with Gasteiger partial charge in [0.2, 0.25) is 0 Å². The first-order valence-corrected chi connectivity index (χ1v) is 11.8. The van der Waals surface area contributed by atoms with Crippen LogP contribution in [-0.4, -0.2) is 46.1 Å². The summed E-state index contributed by atoms with van der Waals surface area (Å²) in [6, 6.07) is 15.1. The molecule has 1 fully saturated rings. The van der Waals surface area contributed by atoms with E-state index in [0.717, 1.165) is 37.2 Å². The van der Waals surface area contributed by atoms with Crippen LogP contribution in [0, 0.1) is 5.82 Å². The zero-order valence-corrected chi connectivity index (χ0v) is 19.6. The van der Waals surface area contributed by atoms with Gasteiger partial charge in [-0.05, 0) is 74.0 Å². The first-order valence-electron chi connectivity index (χ1n) is 11.8. The summed E-state index contributed by atoms with van der Waals surface area (Å²) in [4.78, 5) is 27.4. The van der Waals surface area contributed by atoms with E-state index in [2.05, 4.69) is 20.6 Å². The minimum atomic E-state index is -0.289. The number of rotatable bonds is 8. The lowest BCUT2D eigenvalue weighted by atomic mass is 10.0. The van der Waals surface area contributed by atoms with Crippen LogP contribution in [0.4, 0.5) is 10.1 Å². The van der Waals surface area contributed by atoms with Crippen LogP contribution < -0.4 is 10.6 Å². The molecule has 0 bridgehead atoms. The van der Waals surface area contributed by atoms with Gasteiger partial charge in [-0.1, -0.05) is 12.1 Å². The molecule has 0 unspecified atom stereocenters. The summed E-state index contributed by atoms with van der Waals surface area (Å²) in [5, 5.41) is 10.1. The summed E-state index contributed by atoms with van der Waals surface area (Å²) in [6.45, 7) is 2.35. The quantitative estimate of drug-likeness (QED) is 0.384. The molecule has 1 atom stereocenters. The second-order valence-electron chi connectivity index (χ2n) is 8.71. The molecule has 0 spiro atoms. The van der Waals surface area contributed by atoms with E-state index in [9.17, 15) is 14.0 Å². The predicted octanol–water partition coefficient (Wildman–Crippen LogP) is 4.42. The molecule has 2 N–H and O–H groups in total. The van der Waals surface area contributed by atoms with Crippen LogP contribution in [-0.2, 0) is 0 Å². The van der Waals surface area contributed by atoms with Crippen molar-refractivity contribution in [3.05, 3.63) is 102 Å². The van der Waals surface area contributed by atoms with Crippen LogP contribution in [0.1, 0.15) is 45.2 Å². The standard InChI is InChI=1S/C27H26FN5O3/c28-22-7-3-19(4-8-22)25(32-12-1-2-13-32)16-29-26(34)20-5-9-24(10-6-20)33-17-23(15-30-33)31-27(35)21-11-14-36-18-21/h3-11,14-15,17-18,25H,1-2,12-13,16H2,(H,29,34)(H,31,35)/t25-/m1/s1. The molecular weight excluding hydrogens is 461 g/mol. The molecule has 5 rings (SSSR count). The van der Waals surface area contributed by atoms with E-state index < -0.39 is 0 Å². The Kier molecular flexibility index (Phi) is 6.90. The Morgan fingerprint density at radius 3 is 2.42 bits per heavy atom. The molecule has 0 saturated carbocycles. The van der Waals surface area contributed by atoms with Gasteiger partial charge < -0.3 is 15.1 Å². The van der Waals surface area contributed by atoms with Gasteiger partial charge in [0.05, 0.1) is 41.6 Å². The van der Waals surface area contributed by atoms with Crippen molar-refractivity contribution in [3.63, 3.8) is 0 Å². The van der Waals surface area contributed by atoms with Crippen molar-refractivity contribution >= 4 is 17.5 Å². The number of likely N-dealkylation sites (tertiary alicyclic amines) is 1. The van der Waals surface area contributed by atoms with Gasteiger partial charge in [-0.3, -0.25) is 14.5 Å². The van der Waals surface area contributed by atoms with Gasteiger partial charge in [0.1, 0.15) is 12.1 Å². The molecule has 2 aromatic carbocycles. The number of hydrogen-bond acceptors (Lipinski definition) is 5. The van der Waals surface area contributed by atoms with Crippen LogP contribution in [0.25, 0.3) is 5.69 Å². The number of aromatic nitrogens is 2. The highest BCUT2D eigenvalue weighted by Crippen LogP contribution is 2.25. The summed E-state index contributed by atoms with van der Waals surface area (Å²) in [7, 11) is 0. The number of anilines is 1. The minimum absolute atomic E-state index is 0.00363. The van der Waals surface area contributed by atoms with E-state index in [0.29, 0.717) is 23.4 Å². The molecule has 1 aliphatic heterocycles. The number of benzene rings is 2. The molecule has 36 heavy (non-hydrogen) atoms. The smallest absolute Gasteiger partial charge is 0.259 e. The fourth-order valence-electron chi connectivity index (χ4n) is 4.38. The van der Waals surface area contributed by atoms with Crippen molar-refractivity contribution < 1.29 is 18.4 Å². The fraction of sp³-hybridized carbons (Fsp3) is 0.222. The van der Waals surface area contributed by atoms with Crippen molar-refractivity contribution in [1.29, 1.82) is 0 Å². The van der Waals surface area contributed by atoms with E-state index >= 15 is 0 Å². The molecule has 2 amide bonds. The van der Waals surface area contributed by atoms with Gasteiger partial charge in [-0.15, -0.1) is 0 Å². The lowest BCUT2D eigenvalue weighted by molar-refractivity contribution is 0.0937. The SMILES string of the molecule is O=C(NC[C@H](c1ccc(F)cc1)N1CCCC1)c1ccc(-n2cc(NC(=O)c3ccoc3)cn2)cc1. The molecule has 4 aromatic rings. The molecule has 0 radical (unpaired) electrons. The number of carbonyl (C=O) groups is 2. The van der Waals surface area contributed by atoms with Crippen LogP contribution in [0.3, 0.4) is 0 Å². The van der Waals surface area contributed by atoms with Gasteiger partial charge in [0.25, 0.3) is 11.8 Å². The fourth-order valence-corrected chi connectivity index (χ4v) is 4.38. The van der Waals surface area contributed by atoms with E-state index in [4.69, 9.17) is 4.42 Å². The largest absolute Gasteiger partial charge is 0.472 e. The average molecular weight is 488 g/mol. The Morgan fingerprint density at radius 1 is 0.972 bits per heavy atom. The minimum Gasteiger partial charge on any atom is -0.472 e. The van der Waals surface area contributed by atoms with Crippen LogP contribution in [0.5, 0.6) is 0 Å². The Labute approximate surface area is 207 Å². The van der Waals surface area contributed by atoms with Gasteiger partial charge in [-0.2, -0.15) is 5.10 Å². The van der Waals surface area contributed by atoms with Crippen molar-refractivity contribution in [2.75, 3.05) is 25.0 Å². The summed E-state index contributed by atoms with van der Waals surface area (Å²) >= 11 is 0. The Morgan fingerprint density at radius 2 is 1.72 bits per heavy atom. The summed E-state index contributed by atoms with van der Waals surface area (Å²) in [5.74, 6) is -0.739. The summed E-state index contributed by atoms with van der Waals surface area (Å²) in [6.07, 6.45) is 8.29.